The summed E-state index contributed by atoms with van der Waals surface area (Å²) in [6.07, 6.45) is -3.85. The smallest absolute Gasteiger partial charge is 0.326 e. The molecule has 0 unspecified atom stereocenters. The lowest BCUT2D eigenvalue weighted by atomic mass is 9.84. The molecule has 2 aromatic carbocycles. The number of nitrogens with zero attached hydrogens (tertiary/aromatic N) is 2. The molecule has 2 aliphatic rings. The Kier molecular flexibility index (Phi) is 6.19. The van der Waals surface area contributed by atoms with E-state index in [0.717, 1.165) is 17.0 Å². The molecular formula is C24H20F3N3O4S. The molecule has 1 aliphatic heterocycles. The Bertz CT molecular complexity index is 1410. The number of benzene rings is 2. The predicted octanol–water partition coefficient (Wildman–Crippen LogP) is 4.65. The molecule has 0 fully saturated rings. The second kappa shape index (κ2) is 8.85. The number of amides is 2. The van der Waals surface area contributed by atoms with Crippen LogP contribution in [0.4, 0.5) is 23.7 Å². The number of urea groups is 1. The maximum Gasteiger partial charge on any atom is 0.416 e. The third kappa shape index (κ3) is 4.41. The molecule has 1 aliphatic carbocycles. The van der Waals surface area contributed by atoms with Gasteiger partial charge in [0.15, 0.2) is 15.6 Å². The van der Waals surface area contributed by atoms with Crippen molar-refractivity contribution >= 4 is 27.3 Å². The molecular weight excluding hydrogens is 483 g/mol. The highest BCUT2D eigenvalue weighted by molar-refractivity contribution is 7.91. The Morgan fingerprint density at radius 2 is 1.89 bits per heavy atom. The van der Waals surface area contributed by atoms with Gasteiger partial charge in [0, 0.05) is 17.7 Å². The second-order valence-electron chi connectivity index (χ2n) is 8.17. The molecule has 1 atom stereocenters. The molecule has 35 heavy (non-hydrogen) atoms. The van der Waals surface area contributed by atoms with Crippen molar-refractivity contribution in [3.8, 4) is 6.07 Å². The number of alkyl halides is 3. The number of anilines is 1. The maximum atomic E-state index is 13.3. The van der Waals surface area contributed by atoms with E-state index in [1.165, 1.54) is 37.3 Å². The number of rotatable bonds is 4. The summed E-state index contributed by atoms with van der Waals surface area (Å²) >= 11 is 0. The van der Waals surface area contributed by atoms with Crippen LogP contribution in [0.5, 0.6) is 0 Å². The lowest BCUT2D eigenvalue weighted by Crippen LogP contribution is -2.49. The fourth-order valence-corrected chi connectivity index (χ4v) is 5.55. The average Bonchev–Trinajstić information content (AvgIpc) is 2.82. The van der Waals surface area contributed by atoms with Crippen LogP contribution in [-0.2, 0) is 20.8 Å². The quantitative estimate of drug-likeness (QED) is 0.654. The minimum atomic E-state index is -4.63. The Balaban J connectivity index is 1.93. The van der Waals surface area contributed by atoms with Gasteiger partial charge in [0.05, 0.1) is 39.6 Å². The normalized spacial score (nSPS) is 18.7. The number of Topliss-reactive ketones (excluding diaryl/α,β-unsaturated/α-hetero) is 1. The van der Waals surface area contributed by atoms with Gasteiger partial charge in [0.2, 0.25) is 0 Å². The van der Waals surface area contributed by atoms with Crippen molar-refractivity contribution in [2.24, 2.45) is 0 Å². The first-order valence-corrected chi connectivity index (χ1v) is 12.4. The van der Waals surface area contributed by atoms with E-state index in [-0.39, 0.29) is 57.4 Å². The monoisotopic (exact) mass is 503 g/mol. The molecule has 0 saturated carbocycles. The third-order valence-corrected chi connectivity index (χ3v) is 7.84. The van der Waals surface area contributed by atoms with Gasteiger partial charge in [-0.3, -0.25) is 9.69 Å². The van der Waals surface area contributed by atoms with Gasteiger partial charge in [-0.2, -0.15) is 18.4 Å². The summed E-state index contributed by atoms with van der Waals surface area (Å²) in [4.78, 5) is 27.2. The summed E-state index contributed by atoms with van der Waals surface area (Å²) in [6.45, 7) is 1.43. The maximum absolute atomic E-state index is 13.3. The van der Waals surface area contributed by atoms with Gasteiger partial charge in [-0.05, 0) is 48.7 Å². The second-order valence-corrected chi connectivity index (χ2v) is 10.4. The lowest BCUT2D eigenvalue weighted by molar-refractivity contribution is -0.137. The largest absolute Gasteiger partial charge is 0.416 e. The number of carbonyl (C=O) groups excluding carboxylic acids is 2. The molecule has 0 spiro atoms. The number of halogens is 3. The van der Waals surface area contributed by atoms with Crippen LogP contribution < -0.4 is 10.2 Å². The molecule has 182 valence electrons. The Morgan fingerprint density at radius 3 is 2.54 bits per heavy atom. The molecule has 7 nitrogen and oxygen atoms in total. The van der Waals surface area contributed by atoms with Crippen LogP contribution in [0.1, 0.15) is 48.9 Å². The van der Waals surface area contributed by atoms with Crippen LogP contribution in [0.2, 0.25) is 0 Å². The highest BCUT2D eigenvalue weighted by Gasteiger charge is 2.41. The summed E-state index contributed by atoms with van der Waals surface area (Å²) in [5, 5.41) is 11.9. The fraction of sp³-hybridized carbons (Fsp3) is 0.292. The molecule has 11 heteroatoms. The van der Waals surface area contributed by atoms with Gasteiger partial charge in [0.1, 0.15) is 0 Å². The van der Waals surface area contributed by atoms with E-state index in [9.17, 15) is 36.4 Å². The molecule has 2 amide bonds. The van der Waals surface area contributed by atoms with Crippen molar-refractivity contribution < 1.29 is 31.2 Å². The lowest BCUT2D eigenvalue weighted by Gasteiger charge is -2.39. The molecule has 1 N–H and O–H groups in total. The number of nitriles is 1. The minimum absolute atomic E-state index is 0.0563. The number of nitrogens with one attached hydrogen (secondary N) is 1. The number of hydrogen-bond donors (Lipinski definition) is 1. The molecule has 0 saturated heterocycles. The summed E-state index contributed by atoms with van der Waals surface area (Å²) in [7, 11) is -3.85. The van der Waals surface area contributed by atoms with E-state index >= 15 is 0 Å². The summed E-state index contributed by atoms with van der Waals surface area (Å²) in [6, 6.07) is 8.18. The highest BCUT2D eigenvalue weighted by Crippen LogP contribution is 2.42. The standard InChI is InChI=1S/C24H20F3N3O4S/c1-2-35(33,34)20-11-14(13-28)9-10-17(20)22-21-18(7-4-8-19(21)31)30(23(32)29-22)16-6-3-5-15(12-16)24(25,26)27/h3,5-6,9-12,22H,2,4,7-8H2,1H3,(H,29,32)/t22-/m0/s1. The predicted molar refractivity (Wildman–Crippen MR) is 120 cm³/mol. The summed E-state index contributed by atoms with van der Waals surface area (Å²) in [5.74, 6) is -0.608. The van der Waals surface area contributed by atoms with E-state index in [2.05, 4.69) is 5.32 Å². The first-order valence-electron chi connectivity index (χ1n) is 10.8. The van der Waals surface area contributed by atoms with Gasteiger partial charge in [-0.25, -0.2) is 13.2 Å². The van der Waals surface area contributed by atoms with Crippen molar-refractivity contribution in [1.82, 2.24) is 5.32 Å². The SMILES string of the molecule is CCS(=O)(=O)c1cc(C#N)ccc1[C@@H]1NC(=O)N(c2cccc(C(F)(F)F)c2)C2=C1C(=O)CCC2. The number of hydrogen-bond acceptors (Lipinski definition) is 5. The zero-order valence-corrected chi connectivity index (χ0v) is 19.3. The van der Waals surface area contributed by atoms with Gasteiger partial charge < -0.3 is 5.32 Å². The van der Waals surface area contributed by atoms with Gasteiger partial charge in [-0.1, -0.05) is 19.1 Å². The van der Waals surface area contributed by atoms with Crippen LogP contribution >= 0.6 is 0 Å². The zero-order valence-electron chi connectivity index (χ0n) is 18.5. The summed E-state index contributed by atoms with van der Waals surface area (Å²) < 4.78 is 65.6. The highest BCUT2D eigenvalue weighted by atomic mass is 32.2. The van der Waals surface area contributed by atoms with E-state index in [0.29, 0.717) is 6.42 Å². The molecule has 0 bridgehead atoms. The molecule has 4 rings (SSSR count). The van der Waals surface area contributed by atoms with Gasteiger partial charge in [-0.15, -0.1) is 0 Å². The van der Waals surface area contributed by atoms with Crippen LogP contribution in [0.25, 0.3) is 0 Å². The van der Waals surface area contributed by atoms with E-state index < -0.39 is 33.6 Å². The van der Waals surface area contributed by atoms with Crippen molar-refractivity contribution in [2.45, 2.75) is 43.3 Å². The third-order valence-electron chi connectivity index (χ3n) is 6.06. The number of sulfone groups is 1. The minimum Gasteiger partial charge on any atom is -0.326 e. The van der Waals surface area contributed by atoms with E-state index in [1.54, 1.807) is 0 Å². The van der Waals surface area contributed by atoms with Crippen LogP contribution in [0.3, 0.4) is 0 Å². The van der Waals surface area contributed by atoms with Crippen LogP contribution in [-0.4, -0.2) is 26.0 Å². The van der Waals surface area contributed by atoms with Crippen LogP contribution in [0.15, 0.2) is 58.6 Å². The van der Waals surface area contributed by atoms with E-state index in [4.69, 9.17) is 0 Å². The van der Waals surface area contributed by atoms with Gasteiger partial charge >= 0.3 is 12.2 Å². The number of carbonyl (C=O) groups is 2. The Morgan fingerprint density at radius 1 is 1.14 bits per heavy atom. The van der Waals surface area contributed by atoms with Crippen LogP contribution in [0, 0.1) is 11.3 Å². The Hall–Kier alpha value is -3.65. The average molecular weight is 504 g/mol. The van der Waals surface area contributed by atoms with Crippen molar-refractivity contribution in [2.75, 3.05) is 10.7 Å². The molecule has 0 radical (unpaired) electrons. The van der Waals surface area contributed by atoms with E-state index in [1.807, 2.05) is 6.07 Å². The zero-order chi connectivity index (χ0) is 25.5. The first-order chi connectivity index (χ1) is 16.5. The molecule has 1 heterocycles. The Labute approximate surface area is 199 Å². The van der Waals surface area contributed by atoms with Crippen molar-refractivity contribution in [3.05, 3.63) is 70.4 Å². The fourth-order valence-electron chi connectivity index (χ4n) is 4.38. The summed E-state index contributed by atoms with van der Waals surface area (Å²) in [5.41, 5.74) is -0.413. The number of ketones is 1. The number of allylic oxidation sites excluding steroid dienone is 1. The van der Waals surface area contributed by atoms with Crippen molar-refractivity contribution in [3.63, 3.8) is 0 Å². The van der Waals surface area contributed by atoms with Gasteiger partial charge in [0.25, 0.3) is 0 Å². The van der Waals surface area contributed by atoms with Crippen molar-refractivity contribution in [1.29, 1.82) is 5.26 Å². The molecule has 0 aromatic heterocycles. The topological polar surface area (TPSA) is 107 Å². The first kappa shape index (κ1) is 24.5. The molecule has 2 aromatic rings.